The van der Waals surface area contributed by atoms with Gasteiger partial charge in [-0.2, -0.15) is 0 Å². The maximum atomic E-state index is 12.6. The van der Waals surface area contributed by atoms with E-state index in [9.17, 15) is 18.0 Å². The molecule has 154 valence electrons. The predicted molar refractivity (Wildman–Crippen MR) is 106 cm³/mol. The van der Waals surface area contributed by atoms with Gasteiger partial charge >= 0.3 is 0 Å². The molecule has 3 N–H and O–H groups in total. The van der Waals surface area contributed by atoms with Crippen molar-refractivity contribution < 1.29 is 27.5 Å². The number of anilines is 2. The smallest absolute Gasteiger partial charge is 0.238 e. The Morgan fingerprint density at radius 1 is 1.17 bits per heavy atom. The number of carbonyl (C=O) groups is 2. The normalized spacial score (nSPS) is 16.6. The number of sulfonamides is 1. The summed E-state index contributed by atoms with van der Waals surface area (Å²) in [5.74, 6) is -0.191. The third-order valence-corrected chi connectivity index (χ3v) is 5.51. The number of nitrogens with two attached hydrogens (primary N) is 1. The number of amides is 2. The van der Waals surface area contributed by atoms with E-state index in [1.807, 2.05) is 0 Å². The molecule has 3 rings (SSSR count). The molecule has 1 atom stereocenters. The molecule has 1 aliphatic rings. The fraction of sp³-hybridized carbons (Fsp3) is 0.263. The summed E-state index contributed by atoms with van der Waals surface area (Å²) in [6.45, 7) is 0.156. The fourth-order valence-corrected chi connectivity index (χ4v) is 3.68. The van der Waals surface area contributed by atoms with Gasteiger partial charge in [-0.3, -0.25) is 9.59 Å². The van der Waals surface area contributed by atoms with Crippen LogP contribution in [0.2, 0.25) is 0 Å². The number of carbonyl (C=O) groups excluding carboxylic acids is 2. The Morgan fingerprint density at radius 2 is 1.93 bits per heavy atom. The Balaban J connectivity index is 1.78. The highest BCUT2D eigenvalue weighted by molar-refractivity contribution is 7.89. The van der Waals surface area contributed by atoms with Crippen LogP contribution in [0.5, 0.6) is 11.5 Å². The molecule has 0 aliphatic carbocycles. The Kier molecular flexibility index (Phi) is 5.76. The van der Waals surface area contributed by atoms with Gasteiger partial charge in [0, 0.05) is 24.7 Å². The van der Waals surface area contributed by atoms with Gasteiger partial charge in [-0.15, -0.1) is 0 Å². The van der Waals surface area contributed by atoms with E-state index in [2.05, 4.69) is 5.32 Å². The maximum Gasteiger partial charge on any atom is 0.238 e. The standard InChI is InChI=1S/C19H21N3O6S/c1-27-14-6-7-17(28-2)16(10-14)22-11-12(8-18(22)23)19(24)21-13-4-3-5-15(9-13)29(20,25)26/h3-7,9-10,12H,8,11H2,1-2H3,(H,21,24)(H2,20,25,26). The molecular weight excluding hydrogens is 398 g/mol. The maximum absolute atomic E-state index is 12.6. The molecule has 0 spiro atoms. The van der Waals surface area contributed by atoms with Crippen molar-refractivity contribution in [1.82, 2.24) is 0 Å². The Hall–Kier alpha value is -3.11. The van der Waals surface area contributed by atoms with Crippen molar-refractivity contribution in [3.05, 3.63) is 42.5 Å². The molecule has 0 radical (unpaired) electrons. The SMILES string of the molecule is COc1ccc(OC)c(N2CC(C(=O)Nc3cccc(S(N)(=O)=O)c3)CC2=O)c1. The van der Waals surface area contributed by atoms with Crippen molar-refractivity contribution in [2.45, 2.75) is 11.3 Å². The number of primary sulfonamides is 1. The molecule has 10 heteroatoms. The summed E-state index contributed by atoms with van der Waals surface area (Å²) in [5, 5.41) is 7.76. The quantitative estimate of drug-likeness (QED) is 0.727. The van der Waals surface area contributed by atoms with Gasteiger partial charge in [-0.25, -0.2) is 13.6 Å². The number of nitrogens with one attached hydrogen (secondary N) is 1. The lowest BCUT2D eigenvalue weighted by Gasteiger charge is -2.20. The topological polar surface area (TPSA) is 128 Å². The molecule has 2 aromatic carbocycles. The number of hydrogen-bond donors (Lipinski definition) is 2. The number of nitrogens with zero attached hydrogens (tertiary/aromatic N) is 1. The molecule has 0 saturated carbocycles. The summed E-state index contributed by atoms with van der Waals surface area (Å²) in [7, 11) is -0.876. The Morgan fingerprint density at radius 3 is 2.59 bits per heavy atom. The van der Waals surface area contributed by atoms with E-state index in [1.54, 1.807) is 24.3 Å². The van der Waals surface area contributed by atoms with Crippen LogP contribution in [0.15, 0.2) is 47.4 Å². The van der Waals surface area contributed by atoms with Crippen LogP contribution in [-0.4, -0.2) is 41.0 Å². The van der Waals surface area contributed by atoms with Crippen LogP contribution >= 0.6 is 0 Å². The van der Waals surface area contributed by atoms with Gasteiger partial charge in [-0.05, 0) is 30.3 Å². The molecular formula is C19H21N3O6S. The molecule has 0 bridgehead atoms. The number of methoxy groups -OCH3 is 2. The molecule has 9 nitrogen and oxygen atoms in total. The van der Waals surface area contributed by atoms with E-state index >= 15 is 0 Å². The van der Waals surface area contributed by atoms with Crippen LogP contribution in [0.4, 0.5) is 11.4 Å². The van der Waals surface area contributed by atoms with E-state index in [-0.39, 0.29) is 29.5 Å². The second kappa shape index (κ2) is 8.10. The lowest BCUT2D eigenvalue weighted by Crippen LogP contribution is -2.28. The minimum Gasteiger partial charge on any atom is -0.497 e. The van der Waals surface area contributed by atoms with Gasteiger partial charge in [0.25, 0.3) is 0 Å². The summed E-state index contributed by atoms with van der Waals surface area (Å²) in [6, 6.07) is 10.7. The highest BCUT2D eigenvalue weighted by Gasteiger charge is 2.36. The molecule has 29 heavy (non-hydrogen) atoms. The first-order chi connectivity index (χ1) is 13.7. The van der Waals surface area contributed by atoms with Gasteiger partial charge in [0.15, 0.2) is 0 Å². The summed E-state index contributed by atoms with van der Waals surface area (Å²) in [5.41, 5.74) is 0.801. The van der Waals surface area contributed by atoms with Crippen LogP contribution in [0.1, 0.15) is 6.42 Å². The minimum atomic E-state index is -3.89. The zero-order chi connectivity index (χ0) is 21.2. The van der Waals surface area contributed by atoms with Crippen LogP contribution < -0.4 is 24.8 Å². The Labute approximate surface area is 168 Å². The third-order valence-electron chi connectivity index (χ3n) is 4.60. The second-order valence-corrected chi connectivity index (χ2v) is 8.07. The highest BCUT2D eigenvalue weighted by atomic mass is 32.2. The number of hydrogen-bond acceptors (Lipinski definition) is 6. The van der Waals surface area contributed by atoms with E-state index in [0.717, 1.165) is 0 Å². The van der Waals surface area contributed by atoms with Crippen LogP contribution in [0.3, 0.4) is 0 Å². The Bertz CT molecular complexity index is 1050. The largest absolute Gasteiger partial charge is 0.497 e. The van der Waals surface area contributed by atoms with E-state index in [1.165, 1.54) is 37.3 Å². The summed E-state index contributed by atoms with van der Waals surface area (Å²) >= 11 is 0. The van der Waals surface area contributed by atoms with Crippen LogP contribution in [-0.2, 0) is 19.6 Å². The molecule has 1 aliphatic heterocycles. The average Bonchev–Trinajstić information content (AvgIpc) is 3.08. The summed E-state index contributed by atoms with van der Waals surface area (Å²) in [4.78, 5) is 26.6. The van der Waals surface area contributed by atoms with Gasteiger partial charge < -0.3 is 19.7 Å². The molecule has 2 amide bonds. The van der Waals surface area contributed by atoms with E-state index in [4.69, 9.17) is 14.6 Å². The number of benzene rings is 2. The van der Waals surface area contributed by atoms with Crippen molar-refractivity contribution >= 4 is 33.2 Å². The molecule has 2 aromatic rings. The average molecular weight is 419 g/mol. The first-order valence-electron chi connectivity index (χ1n) is 8.69. The van der Waals surface area contributed by atoms with E-state index in [0.29, 0.717) is 17.2 Å². The molecule has 1 unspecified atom stereocenters. The van der Waals surface area contributed by atoms with Crippen molar-refractivity contribution in [1.29, 1.82) is 0 Å². The highest BCUT2D eigenvalue weighted by Crippen LogP contribution is 2.36. The zero-order valence-corrected chi connectivity index (χ0v) is 16.7. The molecule has 1 heterocycles. The minimum absolute atomic E-state index is 0.0150. The van der Waals surface area contributed by atoms with Crippen molar-refractivity contribution in [3.63, 3.8) is 0 Å². The first-order valence-corrected chi connectivity index (χ1v) is 10.2. The van der Waals surface area contributed by atoms with Crippen molar-refractivity contribution in [2.75, 3.05) is 31.0 Å². The van der Waals surface area contributed by atoms with E-state index < -0.39 is 21.8 Å². The third kappa shape index (κ3) is 4.49. The fourth-order valence-electron chi connectivity index (χ4n) is 3.12. The number of rotatable bonds is 6. The zero-order valence-electron chi connectivity index (χ0n) is 15.9. The lowest BCUT2D eigenvalue weighted by atomic mass is 10.1. The molecule has 1 fully saturated rings. The van der Waals surface area contributed by atoms with Crippen molar-refractivity contribution in [3.8, 4) is 11.5 Å². The second-order valence-electron chi connectivity index (χ2n) is 6.51. The summed E-state index contributed by atoms with van der Waals surface area (Å²) in [6.07, 6.45) is 0.0150. The predicted octanol–water partition coefficient (Wildman–Crippen LogP) is 1.34. The van der Waals surface area contributed by atoms with Gasteiger partial charge in [0.2, 0.25) is 21.8 Å². The van der Waals surface area contributed by atoms with Crippen molar-refractivity contribution in [2.24, 2.45) is 11.1 Å². The van der Waals surface area contributed by atoms with Gasteiger partial charge in [0.1, 0.15) is 11.5 Å². The van der Waals surface area contributed by atoms with Crippen LogP contribution in [0.25, 0.3) is 0 Å². The molecule has 0 aromatic heterocycles. The monoisotopic (exact) mass is 419 g/mol. The van der Waals surface area contributed by atoms with Gasteiger partial charge in [0.05, 0.1) is 30.7 Å². The van der Waals surface area contributed by atoms with Crippen LogP contribution in [0, 0.1) is 5.92 Å². The molecule has 1 saturated heterocycles. The first kappa shape index (κ1) is 20.6. The van der Waals surface area contributed by atoms with Gasteiger partial charge in [-0.1, -0.05) is 6.07 Å². The summed E-state index contributed by atoms with van der Waals surface area (Å²) < 4.78 is 33.5. The lowest BCUT2D eigenvalue weighted by molar-refractivity contribution is -0.122. The number of ether oxygens (including phenoxy) is 2.